The second kappa shape index (κ2) is 7.94. The molecule has 7 nitrogen and oxygen atoms in total. The average molecular weight is 341 g/mol. The number of benzene rings is 1. The molecule has 1 aromatic heterocycles. The van der Waals surface area contributed by atoms with Crippen LogP contribution < -0.4 is 10.6 Å². The molecule has 2 N–H and O–H groups in total. The maximum Gasteiger partial charge on any atom is 0.242 e. The number of nitrogens with zero attached hydrogens (tertiary/aromatic N) is 3. The molecule has 2 atom stereocenters. The fourth-order valence-electron chi connectivity index (χ4n) is 3.25. The van der Waals surface area contributed by atoms with Gasteiger partial charge in [-0.25, -0.2) is 0 Å². The number of rotatable bonds is 6. The highest BCUT2D eigenvalue weighted by atomic mass is 16.2. The standard InChI is InChI=1S/C18H23N5O2/c1-19-18(25)15-11-22(10-14-6-3-2-4-7-14)12-16(15)21-17(24)13-23-9-5-8-20-23/h2-9,15-16H,10-13H2,1H3,(H,19,25)(H,21,24)/t15-,16-/m0/s1. The average Bonchev–Trinajstić information content (AvgIpc) is 3.25. The Morgan fingerprint density at radius 2 is 2.00 bits per heavy atom. The fraction of sp³-hybridized carbons (Fsp3) is 0.389. The van der Waals surface area contributed by atoms with Crippen LogP contribution in [0.25, 0.3) is 0 Å². The van der Waals surface area contributed by atoms with Crippen LogP contribution in [0.2, 0.25) is 0 Å². The molecule has 3 rings (SSSR count). The fourth-order valence-corrected chi connectivity index (χ4v) is 3.25. The highest BCUT2D eigenvalue weighted by molar-refractivity contribution is 5.82. The van der Waals surface area contributed by atoms with Crippen LogP contribution in [-0.2, 0) is 22.7 Å². The third-order valence-corrected chi connectivity index (χ3v) is 4.44. The highest BCUT2D eigenvalue weighted by Crippen LogP contribution is 2.20. The second-order valence-corrected chi connectivity index (χ2v) is 6.28. The van der Waals surface area contributed by atoms with Gasteiger partial charge in [-0.1, -0.05) is 30.3 Å². The topological polar surface area (TPSA) is 79.3 Å². The highest BCUT2D eigenvalue weighted by Gasteiger charge is 2.37. The van der Waals surface area contributed by atoms with Crippen LogP contribution in [0, 0.1) is 5.92 Å². The van der Waals surface area contributed by atoms with E-state index in [0.717, 1.165) is 6.54 Å². The van der Waals surface area contributed by atoms with Gasteiger partial charge in [0.25, 0.3) is 0 Å². The molecule has 1 aliphatic rings. The first-order valence-electron chi connectivity index (χ1n) is 8.40. The first-order valence-corrected chi connectivity index (χ1v) is 8.40. The van der Waals surface area contributed by atoms with Gasteiger partial charge in [0, 0.05) is 39.1 Å². The van der Waals surface area contributed by atoms with Crippen LogP contribution in [0.4, 0.5) is 0 Å². The number of aromatic nitrogens is 2. The van der Waals surface area contributed by atoms with Crippen LogP contribution in [0.3, 0.4) is 0 Å². The van der Waals surface area contributed by atoms with E-state index in [2.05, 4.69) is 32.8 Å². The molecular weight excluding hydrogens is 318 g/mol. The molecule has 0 saturated carbocycles. The molecule has 2 aromatic rings. The molecule has 0 unspecified atom stereocenters. The molecule has 2 amide bonds. The van der Waals surface area contributed by atoms with Gasteiger partial charge in [-0.3, -0.25) is 19.2 Å². The van der Waals surface area contributed by atoms with E-state index in [-0.39, 0.29) is 30.3 Å². The number of carbonyl (C=O) groups excluding carboxylic acids is 2. The number of nitrogens with one attached hydrogen (secondary N) is 2. The van der Waals surface area contributed by atoms with Crippen LogP contribution in [-0.4, -0.2) is 52.7 Å². The molecule has 0 aliphatic carbocycles. The van der Waals surface area contributed by atoms with Crippen LogP contribution >= 0.6 is 0 Å². The maximum absolute atomic E-state index is 12.3. The third kappa shape index (κ3) is 4.45. The molecule has 1 aliphatic heterocycles. The zero-order valence-corrected chi connectivity index (χ0v) is 14.3. The van der Waals surface area contributed by atoms with E-state index < -0.39 is 0 Å². The summed E-state index contributed by atoms with van der Waals surface area (Å²) in [5.41, 5.74) is 1.20. The molecule has 1 fully saturated rings. The third-order valence-electron chi connectivity index (χ3n) is 4.44. The van der Waals surface area contributed by atoms with Gasteiger partial charge in [0.1, 0.15) is 6.54 Å². The minimum atomic E-state index is -0.254. The van der Waals surface area contributed by atoms with Gasteiger partial charge in [0.15, 0.2) is 0 Å². The van der Waals surface area contributed by atoms with Gasteiger partial charge < -0.3 is 10.6 Å². The molecule has 1 aromatic carbocycles. The van der Waals surface area contributed by atoms with E-state index in [1.54, 1.807) is 30.2 Å². The minimum Gasteiger partial charge on any atom is -0.359 e. The van der Waals surface area contributed by atoms with E-state index in [9.17, 15) is 9.59 Å². The summed E-state index contributed by atoms with van der Waals surface area (Å²) >= 11 is 0. The quantitative estimate of drug-likeness (QED) is 0.789. The smallest absolute Gasteiger partial charge is 0.242 e. The van der Waals surface area contributed by atoms with Gasteiger partial charge in [-0.2, -0.15) is 5.10 Å². The number of hydrogen-bond donors (Lipinski definition) is 2. The first kappa shape index (κ1) is 17.2. The number of carbonyl (C=O) groups is 2. The van der Waals surface area contributed by atoms with Crippen molar-refractivity contribution in [2.75, 3.05) is 20.1 Å². The zero-order valence-electron chi connectivity index (χ0n) is 14.3. The van der Waals surface area contributed by atoms with Crippen molar-refractivity contribution in [1.82, 2.24) is 25.3 Å². The molecule has 1 saturated heterocycles. The SMILES string of the molecule is CNC(=O)[C@H]1CN(Cc2ccccc2)C[C@@H]1NC(=O)Cn1cccn1. The van der Waals surface area contributed by atoms with Crippen molar-refractivity contribution in [2.45, 2.75) is 19.1 Å². The summed E-state index contributed by atoms with van der Waals surface area (Å²) < 4.78 is 1.57. The van der Waals surface area contributed by atoms with E-state index in [1.165, 1.54) is 5.56 Å². The van der Waals surface area contributed by atoms with Crippen molar-refractivity contribution >= 4 is 11.8 Å². The summed E-state index contributed by atoms with van der Waals surface area (Å²) in [4.78, 5) is 26.7. The van der Waals surface area contributed by atoms with Crippen LogP contribution in [0.1, 0.15) is 5.56 Å². The summed E-state index contributed by atoms with van der Waals surface area (Å²) in [6.45, 7) is 2.20. The van der Waals surface area contributed by atoms with Crippen LogP contribution in [0.5, 0.6) is 0 Å². The zero-order chi connectivity index (χ0) is 17.6. The Labute approximate surface area is 147 Å². The van der Waals surface area contributed by atoms with E-state index >= 15 is 0 Å². The Kier molecular flexibility index (Phi) is 5.45. The maximum atomic E-state index is 12.3. The van der Waals surface area contributed by atoms with E-state index in [0.29, 0.717) is 13.1 Å². The summed E-state index contributed by atoms with van der Waals surface area (Å²) in [5, 5.41) is 9.74. The van der Waals surface area contributed by atoms with Crippen molar-refractivity contribution in [3.05, 3.63) is 54.4 Å². The number of likely N-dealkylation sites (tertiary alicyclic amines) is 1. The van der Waals surface area contributed by atoms with Crippen molar-refractivity contribution < 1.29 is 9.59 Å². The van der Waals surface area contributed by atoms with Crippen molar-refractivity contribution in [3.63, 3.8) is 0 Å². The lowest BCUT2D eigenvalue weighted by Crippen LogP contribution is -2.46. The molecule has 0 radical (unpaired) electrons. The van der Waals surface area contributed by atoms with Gasteiger partial charge in [-0.15, -0.1) is 0 Å². The van der Waals surface area contributed by atoms with E-state index in [1.807, 2.05) is 18.2 Å². The molecule has 0 bridgehead atoms. The summed E-state index contributed by atoms with van der Waals surface area (Å²) in [6, 6.07) is 11.7. The Balaban J connectivity index is 1.63. The summed E-state index contributed by atoms with van der Waals surface area (Å²) in [7, 11) is 1.63. The molecule has 0 spiro atoms. The predicted octanol–water partition coefficient (Wildman–Crippen LogP) is 0.246. The predicted molar refractivity (Wildman–Crippen MR) is 93.4 cm³/mol. The normalized spacial score (nSPS) is 20.4. The van der Waals surface area contributed by atoms with Gasteiger partial charge >= 0.3 is 0 Å². The largest absolute Gasteiger partial charge is 0.359 e. The molecular formula is C18H23N5O2. The van der Waals surface area contributed by atoms with Crippen molar-refractivity contribution in [2.24, 2.45) is 5.92 Å². The minimum absolute atomic E-state index is 0.0417. The lowest BCUT2D eigenvalue weighted by atomic mass is 10.0. The van der Waals surface area contributed by atoms with Crippen molar-refractivity contribution in [1.29, 1.82) is 0 Å². The Morgan fingerprint density at radius 1 is 1.20 bits per heavy atom. The molecule has 7 heteroatoms. The summed E-state index contributed by atoms with van der Waals surface area (Å²) in [6.07, 6.45) is 3.38. The Morgan fingerprint density at radius 3 is 2.68 bits per heavy atom. The van der Waals surface area contributed by atoms with Gasteiger partial charge in [0.05, 0.1) is 12.0 Å². The van der Waals surface area contributed by atoms with Gasteiger partial charge in [0.2, 0.25) is 11.8 Å². The Bertz CT molecular complexity index is 702. The lowest BCUT2D eigenvalue weighted by Gasteiger charge is -2.18. The van der Waals surface area contributed by atoms with Gasteiger partial charge in [-0.05, 0) is 11.6 Å². The number of hydrogen-bond acceptors (Lipinski definition) is 4. The van der Waals surface area contributed by atoms with Crippen molar-refractivity contribution in [3.8, 4) is 0 Å². The molecule has 132 valence electrons. The van der Waals surface area contributed by atoms with E-state index in [4.69, 9.17) is 0 Å². The molecule has 2 heterocycles. The second-order valence-electron chi connectivity index (χ2n) is 6.28. The molecule has 25 heavy (non-hydrogen) atoms. The van der Waals surface area contributed by atoms with Crippen LogP contribution in [0.15, 0.2) is 48.8 Å². The first-order chi connectivity index (χ1) is 12.2. The lowest BCUT2D eigenvalue weighted by molar-refractivity contribution is -0.126. The monoisotopic (exact) mass is 341 g/mol. The number of amides is 2. The Hall–Kier alpha value is -2.67. The summed E-state index contributed by atoms with van der Waals surface area (Å²) in [5.74, 6) is -0.431.